The molecule has 1 aromatic heterocycles. The molecule has 5 heteroatoms. The lowest BCUT2D eigenvalue weighted by atomic mass is 10.1. The summed E-state index contributed by atoms with van der Waals surface area (Å²) in [7, 11) is -3.07. The molecule has 1 aromatic rings. The monoisotopic (exact) mass is 215 g/mol. The number of hydrogen-bond donors (Lipinski definition) is 1. The Labute approximate surface area is 83.5 Å². The van der Waals surface area contributed by atoms with Crippen LogP contribution in [0.2, 0.25) is 0 Å². The fourth-order valence-electron chi connectivity index (χ4n) is 1.24. The first-order valence-corrected chi connectivity index (χ1v) is 6.27. The summed E-state index contributed by atoms with van der Waals surface area (Å²) in [6.07, 6.45) is 4.34. The van der Waals surface area contributed by atoms with E-state index in [1.165, 1.54) is 0 Å². The van der Waals surface area contributed by atoms with Crippen molar-refractivity contribution in [1.29, 1.82) is 0 Å². The van der Waals surface area contributed by atoms with Gasteiger partial charge in [0.2, 0.25) is 0 Å². The zero-order valence-corrected chi connectivity index (χ0v) is 8.74. The number of rotatable bonds is 4. The molecule has 0 radical (unpaired) electrons. The molecular formula is C9H13NO3S. The van der Waals surface area contributed by atoms with Gasteiger partial charge in [-0.1, -0.05) is 6.07 Å². The molecule has 0 aliphatic heterocycles. The lowest BCUT2D eigenvalue weighted by molar-refractivity contribution is 0.273. The molecule has 1 N–H and O–H groups in total. The smallest absolute Gasteiger partial charge is 0.148 e. The van der Waals surface area contributed by atoms with Crippen LogP contribution in [0.4, 0.5) is 0 Å². The number of aromatic nitrogens is 1. The summed E-state index contributed by atoms with van der Waals surface area (Å²) in [5.41, 5.74) is 0.750. The van der Waals surface area contributed by atoms with Crippen LogP contribution in [0.15, 0.2) is 24.5 Å². The lowest BCUT2D eigenvalue weighted by Gasteiger charge is -2.12. The van der Waals surface area contributed by atoms with E-state index in [2.05, 4.69) is 4.98 Å². The molecule has 1 atom stereocenters. The number of aliphatic hydroxyl groups excluding tert-OH is 1. The molecule has 0 amide bonds. The van der Waals surface area contributed by atoms with Gasteiger partial charge in [-0.05, 0) is 11.6 Å². The van der Waals surface area contributed by atoms with E-state index in [1.807, 2.05) is 0 Å². The minimum Gasteiger partial charge on any atom is -0.396 e. The second-order valence-corrected chi connectivity index (χ2v) is 5.44. The van der Waals surface area contributed by atoms with Gasteiger partial charge in [0.25, 0.3) is 0 Å². The summed E-state index contributed by atoms with van der Waals surface area (Å²) in [5, 5.41) is 9.05. The predicted octanol–water partition coefficient (Wildman–Crippen LogP) is 0.202. The topological polar surface area (TPSA) is 67.3 Å². The van der Waals surface area contributed by atoms with Crippen LogP contribution in [-0.4, -0.2) is 37.1 Å². The molecule has 78 valence electrons. The van der Waals surface area contributed by atoms with Crippen LogP contribution in [0.25, 0.3) is 0 Å². The highest BCUT2D eigenvalue weighted by atomic mass is 32.2. The van der Waals surface area contributed by atoms with Gasteiger partial charge in [0.1, 0.15) is 9.84 Å². The van der Waals surface area contributed by atoms with Gasteiger partial charge in [-0.15, -0.1) is 0 Å². The molecular weight excluding hydrogens is 202 g/mol. The fourth-order valence-corrected chi connectivity index (χ4v) is 2.27. The molecule has 14 heavy (non-hydrogen) atoms. The van der Waals surface area contributed by atoms with Crippen molar-refractivity contribution in [3.8, 4) is 0 Å². The maximum absolute atomic E-state index is 11.0. The van der Waals surface area contributed by atoms with Crippen LogP contribution in [0, 0.1) is 0 Å². The minimum absolute atomic E-state index is 0.0464. The Kier molecular flexibility index (Phi) is 3.60. The lowest BCUT2D eigenvalue weighted by Crippen LogP contribution is -2.16. The van der Waals surface area contributed by atoms with Crippen molar-refractivity contribution in [3.63, 3.8) is 0 Å². The molecule has 0 fully saturated rings. The van der Waals surface area contributed by atoms with Crippen molar-refractivity contribution in [2.24, 2.45) is 0 Å². The van der Waals surface area contributed by atoms with Crippen LogP contribution >= 0.6 is 0 Å². The summed E-state index contributed by atoms with van der Waals surface area (Å²) < 4.78 is 22.1. The Balaban J connectivity index is 2.84. The van der Waals surface area contributed by atoms with Crippen LogP contribution < -0.4 is 0 Å². The SMILES string of the molecule is CS(=O)(=O)CC(CO)c1cccnc1. The first kappa shape index (κ1) is 11.1. The summed E-state index contributed by atoms with van der Waals surface area (Å²) in [6.45, 7) is -0.182. The van der Waals surface area contributed by atoms with Gasteiger partial charge < -0.3 is 5.11 Å². The number of hydrogen-bond acceptors (Lipinski definition) is 4. The van der Waals surface area contributed by atoms with Crippen LogP contribution in [0.5, 0.6) is 0 Å². The Bertz CT molecular complexity index is 374. The van der Waals surface area contributed by atoms with E-state index in [-0.39, 0.29) is 18.3 Å². The van der Waals surface area contributed by atoms with E-state index in [0.717, 1.165) is 11.8 Å². The van der Waals surface area contributed by atoms with Crippen molar-refractivity contribution < 1.29 is 13.5 Å². The summed E-state index contributed by atoms with van der Waals surface area (Å²) in [6, 6.07) is 3.49. The van der Waals surface area contributed by atoms with Crippen molar-refractivity contribution in [2.45, 2.75) is 5.92 Å². The summed E-state index contributed by atoms with van der Waals surface area (Å²) >= 11 is 0. The van der Waals surface area contributed by atoms with Crippen molar-refractivity contribution in [1.82, 2.24) is 4.98 Å². The van der Waals surface area contributed by atoms with E-state index < -0.39 is 9.84 Å². The second kappa shape index (κ2) is 4.52. The average Bonchev–Trinajstić information content (AvgIpc) is 2.14. The maximum Gasteiger partial charge on any atom is 0.148 e. The maximum atomic E-state index is 11.0. The zero-order chi connectivity index (χ0) is 10.6. The highest BCUT2D eigenvalue weighted by Crippen LogP contribution is 2.15. The Morgan fingerprint density at radius 2 is 2.29 bits per heavy atom. The van der Waals surface area contributed by atoms with E-state index in [0.29, 0.717) is 0 Å². The number of pyridine rings is 1. The molecule has 0 saturated heterocycles. The highest BCUT2D eigenvalue weighted by molar-refractivity contribution is 7.90. The molecule has 0 bridgehead atoms. The molecule has 0 saturated carbocycles. The molecule has 0 aliphatic rings. The molecule has 0 spiro atoms. The van der Waals surface area contributed by atoms with Crippen LogP contribution in [-0.2, 0) is 9.84 Å². The van der Waals surface area contributed by atoms with Gasteiger partial charge in [-0.2, -0.15) is 0 Å². The second-order valence-electron chi connectivity index (χ2n) is 3.26. The zero-order valence-electron chi connectivity index (χ0n) is 7.92. The van der Waals surface area contributed by atoms with Crippen molar-refractivity contribution >= 4 is 9.84 Å². The van der Waals surface area contributed by atoms with Gasteiger partial charge in [0.05, 0.1) is 12.4 Å². The Hall–Kier alpha value is -0.940. The summed E-state index contributed by atoms with van der Waals surface area (Å²) in [4.78, 5) is 3.88. The van der Waals surface area contributed by atoms with Gasteiger partial charge in [0.15, 0.2) is 0 Å². The normalized spacial score (nSPS) is 13.9. The van der Waals surface area contributed by atoms with Gasteiger partial charge >= 0.3 is 0 Å². The number of aliphatic hydroxyl groups is 1. The standard InChI is InChI=1S/C9H13NO3S/c1-14(12,13)7-9(6-11)8-3-2-4-10-5-8/h2-5,9,11H,6-7H2,1H3. The first-order chi connectivity index (χ1) is 6.53. The van der Waals surface area contributed by atoms with Crippen LogP contribution in [0.1, 0.15) is 11.5 Å². The third kappa shape index (κ3) is 3.43. The average molecular weight is 215 g/mol. The predicted molar refractivity (Wildman–Crippen MR) is 53.8 cm³/mol. The molecule has 1 heterocycles. The third-order valence-corrected chi connectivity index (χ3v) is 2.89. The van der Waals surface area contributed by atoms with Crippen LogP contribution in [0.3, 0.4) is 0 Å². The number of nitrogens with zero attached hydrogens (tertiary/aromatic N) is 1. The van der Waals surface area contributed by atoms with E-state index in [1.54, 1.807) is 24.5 Å². The van der Waals surface area contributed by atoms with Gasteiger partial charge in [0, 0.05) is 24.6 Å². The van der Waals surface area contributed by atoms with Gasteiger partial charge in [-0.3, -0.25) is 4.98 Å². The first-order valence-electron chi connectivity index (χ1n) is 4.21. The molecule has 4 nitrogen and oxygen atoms in total. The molecule has 0 aliphatic carbocycles. The van der Waals surface area contributed by atoms with Gasteiger partial charge in [-0.25, -0.2) is 8.42 Å². The minimum atomic E-state index is -3.07. The molecule has 1 unspecified atom stereocenters. The van der Waals surface area contributed by atoms with Crippen molar-refractivity contribution in [3.05, 3.63) is 30.1 Å². The van der Waals surface area contributed by atoms with E-state index >= 15 is 0 Å². The Morgan fingerprint density at radius 3 is 2.71 bits per heavy atom. The quantitative estimate of drug-likeness (QED) is 0.779. The highest BCUT2D eigenvalue weighted by Gasteiger charge is 2.16. The molecule has 0 aromatic carbocycles. The van der Waals surface area contributed by atoms with Crippen molar-refractivity contribution in [2.75, 3.05) is 18.6 Å². The fraction of sp³-hybridized carbons (Fsp3) is 0.444. The van der Waals surface area contributed by atoms with E-state index in [9.17, 15) is 8.42 Å². The number of sulfone groups is 1. The molecule has 1 rings (SSSR count). The Morgan fingerprint density at radius 1 is 1.57 bits per heavy atom. The third-order valence-electron chi connectivity index (χ3n) is 1.88. The van der Waals surface area contributed by atoms with E-state index in [4.69, 9.17) is 5.11 Å². The largest absolute Gasteiger partial charge is 0.396 e. The summed E-state index contributed by atoms with van der Waals surface area (Å²) in [5.74, 6) is -0.423.